The number of anilines is 1. The average Bonchev–Trinajstić information content (AvgIpc) is 2.25. The van der Waals surface area contributed by atoms with Gasteiger partial charge in [0.2, 0.25) is 0 Å². The number of rotatable bonds is 2. The minimum absolute atomic E-state index is 0.835. The van der Waals surface area contributed by atoms with E-state index in [0.717, 1.165) is 10.9 Å². The van der Waals surface area contributed by atoms with E-state index in [4.69, 9.17) is 5.73 Å². The molecule has 0 bridgehead atoms. The predicted molar refractivity (Wildman–Crippen MR) is 68.3 cm³/mol. The Morgan fingerprint density at radius 2 is 1.93 bits per heavy atom. The highest BCUT2D eigenvalue weighted by Gasteiger charge is 2.14. The van der Waals surface area contributed by atoms with Crippen LogP contribution in [-0.2, 0) is 0 Å². The highest BCUT2D eigenvalue weighted by molar-refractivity contribution is 8.00. The zero-order chi connectivity index (χ0) is 10.7. The van der Waals surface area contributed by atoms with Crippen LogP contribution >= 0.6 is 11.8 Å². The van der Waals surface area contributed by atoms with Crippen molar-refractivity contribution in [1.82, 2.24) is 0 Å². The quantitative estimate of drug-likeness (QED) is 0.764. The molecule has 2 rings (SSSR count). The summed E-state index contributed by atoms with van der Waals surface area (Å²) >= 11 is 2.03. The minimum Gasteiger partial charge on any atom is -0.399 e. The van der Waals surface area contributed by atoms with Crippen LogP contribution in [0.3, 0.4) is 0 Å². The van der Waals surface area contributed by atoms with Crippen molar-refractivity contribution >= 4 is 17.4 Å². The molecule has 0 unspecified atom stereocenters. The Kier molecular flexibility index (Phi) is 3.57. The molecule has 0 saturated heterocycles. The van der Waals surface area contributed by atoms with Crippen LogP contribution in [0.15, 0.2) is 23.1 Å². The molecule has 1 saturated carbocycles. The summed E-state index contributed by atoms with van der Waals surface area (Å²) in [5.74, 6) is 0. The van der Waals surface area contributed by atoms with Gasteiger partial charge in [-0.25, -0.2) is 0 Å². The van der Waals surface area contributed by atoms with Crippen molar-refractivity contribution in [3.05, 3.63) is 23.8 Å². The number of hydrogen-bond acceptors (Lipinski definition) is 2. The summed E-state index contributed by atoms with van der Waals surface area (Å²) in [6.07, 6.45) is 7.01. The van der Waals surface area contributed by atoms with Crippen molar-refractivity contribution < 1.29 is 0 Å². The van der Waals surface area contributed by atoms with E-state index >= 15 is 0 Å². The van der Waals surface area contributed by atoms with Gasteiger partial charge in [0.25, 0.3) is 0 Å². The van der Waals surface area contributed by atoms with Gasteiger partial charge in [-0.3, -0.25) is 0 Å². The summed E-state index contributed by atoms with van der Waals surface area (Å²) in [7, 11) is 0. The molecule has 0 heterocycles. The highest BCUT2D eigenvalue weighted by atomic mass is 32.2. The Morgan fingerprint density at radius 1 is 1.20 bits per heavy atom. The number of aryl methyl sites for hydroxylation is 1. The normalized spacial score (nSPS) is 17.9. The molecule has 0 spiro atoms. The molecule has 2 heteroatoms. The lowest BCUT2D eigenvalue weighted by atomic mass is 10.0. The molecule has 0 aliphatic heterocycles. The van der Waals surface area contributed by atoms with Gasteiger partial charge in [-0.15, -0.1) is 11.8 Å². The average molecular weight is 221 g/mol. The first-order chi connectivity index (χ1) is 7.25. The van der Waals surface area contributed by atoms with Gasteiger partial charge in [0.1, 0.15) is 0 Å². The molecule has 0 atom stereocenters. The Balaban J connectivity index is 2.00. The molecule has 0 radical (unpaired) electrons. The van der Waals surface area contributed by atoms with Gasteiger partial charge in [0.15, 0.2) is 0 Å². The third-order valence-electron chi connectivity index (χ3n) is 3.10. The first-order valence-corrected chi connectivity index (χ1v) is 6.66. The topological polar surface area (TPSA) is 26.0 Å². The maximum atomic E-state index is 5.81. The van der Waals surface area contributed by atoms with E-state index in [0.29, 0.717) is 0 Å². The molecule has 82 valence electrons. The smallest absolute Gasteiger partial charge is 0.0344 e. The van der Waals surface area contributed by atoms with E-state index in [1.54, 1.807) is 0 Å². The Hall–Kier alpha value is -0.630. The summed E-state index contributed by atoms with van der Waals surface area (Å²) in [5, 5.41) is 0.835. The largest absolute Gasteiger partial charge is 0.399 e. The van der Waals surface area contributed by atoms with Gasteiger partial charge in [0, 0.05) is 15.8 Å². The third kappa shape index (κ3) is 2.91. The molecule has 1 aromatic carbocycles. The second kappa shape index (κ2) is 4.93. The van der Waals surface area contributed by atoms with E-state index in [9.17, 15) is 0 Å². The van der Waals surface area contributed by atoms with Crippen molar-refractivity contribution in [2.24, 2.45) is 0 Å². The maximum absolute atomic E-state index is 5.81. The van der Waals surface area contributed by atoms with Gasteiger partial charge in [0.05, 0.1) is 0 Å². The van der Waals surface area contributed by atoms with Gasteiger partial charge in [-0.05, 0) is 43.5 Å². The summed E-state index contributed by atoms with van der Waals surface area (Å²) in [6.45, 7) is 2.08. The van der Waals surface area contributed by atoms with Crippen LogP contribution in [0.4, 0.5) is 5.69 Å². The van der Waals surface area contributed by atoms with E-state index < -0.39 is 0 Å². The van der Waals surface area contributed by atoms with Crippen molar-refractivity contribution in [1.29, 1.82) is 0 Å². The summed E-state index contributed by atoms with van der Waals surface area (Å²) < 4.78 is 0. The van der Waals surface area contributed by atoms with Gasteiger partial charge < -0.3 is 5.73 Å². The first kappa shape index (κ1) is 10.9. The second-order valence-electron chi connectivity index (χ2n) is 4.40. The monoisotopic (exact) mass is 221 g/mol. The van der Waals surface area contributed by atoms with E-state index in [-0.39, 0.29) is 0 Å². The van der Waals surface area contributed by atoms with Gasteiger partial charge >= 0.3 is 0 Å². The number of hydrogen-bond donors (Lipinski definition) is 1. The Bertz CT molecular complexity index is 329. The number of nitrogen functional groups attached to an aromatic ring is 1. The molecule has 1 aliphatic carbocycles. The lowest BCUT2D eigenvalue weighted by Crippen LogP contribution is -2.07. The molecule has 0 aromatic heterocycles. The fourth-order valence-electron chi connectivity index (χ4n) is 2.10. The zero-order valence-electron chi connectivity index (χ0n) is 9.33. The highest BCUT2D eigenvalue weighted by Crippen LogP contribution is 2.34. The second-order valence-corrected chi connectivity index (χ2v) is 5.77. The van der Waals surface area contributed by atoms with Crippen molar-refractivity contribution in [3.8, 4) is 0 Å². The Morgan fingerprint density at radius 3 is 2.60 bits per heavy atom. The van der Waals surface area contributed by atoms with Crippen molar-refractivity contribution in [2.45, 2.75) is 49.2 Å². The van der Waals surface area contributed by atoms with Crippen LogP contribution in [0.25, 0.3) is 0 Å². The molecule has 1 aromatic rings. The van der Waals surface area contributed by atoms with Crippen molar-refractivity contribution in [2.75, 3.05) is 5.73 Å². The number of thioether (sulfide) groups is 1. The molecule has 0 amide bonds. The lowest BCUT2D eigenvalue weighted by Gasteiger charge is -2.21. The summed E-state index contributed by atoms with van der Waals surface area (Å²) in [6, 6.07) is 6.40. The third-order valence-corrected chi connectivity index (χ3v) is 4.43. The maximum Gasteiger partial charge on any atom is 0.0344 e. The fourth-order valence-corrected chi connectivity index (χ4v) is 3.44. The van der Waals surface area contributed by atoms with Gasteiger partial charge in [-0.2, -0.15) is 0 Å². The molecule has 1 nitrogen and oxygen atoms in total. The van der Waals surface area contributed by atoms with E-state index in [1.165, 1.54) is 42.6 Å². The standard InChI is InChI=1S/C13H19NS/c1-10-9-12(7-8-13(10)14)15-11-5-3-2-4-6-11/h7-9,11H,2-6,14H2,1H3. The first-order valence-electron chi connectivity index (χ1n) is 5.78. The minimum atomic E-state index is 0.835. The zero-order valence-corrected chi connectivity index (χ0v) is 10.1. The molecule has 1 fully saturated rings. The molecular weight excluding hydrogens is 202 g/mol. The fraction of sp³-hybridized carbons (Fsp3) is 0.538. The van der Waals surface area contributed by atoms with Crippen LogP contribution in [0, 0.1) is 6.92 Å². The number of benzene rings is 1. The van der Waals surface area contributed by atoms with Gasteiger partial charge in [-0.1, -0.05) is 19.3 Å². The van der Waals surface area contributed by atoms with Crippen LogP contribution < -0.4 is 5.73 Å². The van der Waals surface area contributed by atoms with Crippen LogP contribution in [0.5, 0.6) is 0 Å². The predicted octanol–water partition coefficient (Wildman–Crippen LogP) is 4.00. The number of nitrogens with two attached hydrogens (primary N) is 1. The molecular formula is C13H19NS. The van der Waals surface area contributed by atoms with E-state index in [2.05, 4.69) is 19.1 Å². The van der Waals surface area contributed by atoms with E-state index in [1.807, 2.05) is 17.8 Å². The molecule has 2 N–H and O–H groups in total. The van der Waals surface area contributed by atoms with Crippen molar-refractivity contribution in [3.63, 3.8) is 0 Å². The Labute approximate surface area is 96.4 Å². The van der Waals surface area contributed by atoms with Crippen LogP contribution in [0.2, 0.25) is 0 Å². The molecule has 15 heavy (non-hydrogen) atoms. The summed E-state index contributed by atoms with van der Waals surface area (Å²) in [4.78, 5) is 1.38. The summed E-state index contributed by atoms with van der Waals surface area (Å²) in [5.41, 5.74) is 7.92. The molecule has 1 aliphatic rings. The lowest BCUT2D eigenvalue weighted by molar-refractivity contribution is 0.516. The SMILES string of the molecule is Cc1cc(SC2CCCCC2)ccc1N. The van der Waals surface area contributed by atoms with Crippen LogP contribution in [0.1, 0.15) is 37.7 Å². The van der Waals surface area contributed by atoms with Crippen LogP contribution in [-0.4, -0.2) is 5.25 Å².